The monoisotopic (exact) mass is 421 g/mol. The lowest BCUT2D eigenvalue weighted by molar-refractivity contribution is -0.149. The minimum atomic E-state index is -0.765. The highest BCUT2D eigenvalue weighted by molar-refractivity contribution is 6.30. The van der Waals surface area contributed by atoms with Crippen LogP contribution in [-0.4, -0.2) is 30.3 Å². The fourth-order valence-electron chi connectivity index (χ4n) is 2.03. The molecule has 3 amide bonds. The highest BCUT2D eigenvalue weighted by atomic mass is 35.5. The van der Waals surface area contributed by atoms with E-state index in [9.17, 15) is 23.6 Å². The van der Waals surface area contributed by atoms with E-state index in [1.807, 2.05) is 0 Å². The van der Waals surface area contributed by atoms with Crippen LogP contribution in [0.1, 0.15) is 23.2 Å². The van der Waals surface area contributed by atoms with Gasteiger partial charge in [-0.3, -0.25) is 30.0 Å². The maximum Gasteiger partial charge on any atom is 0.306 e. The van der Waals surface area contributed by atoms with Gasteiger partial charge >= 0.3 is 5.97 Å². The third kappa shape index (κ3) is 7.97. The van der Waals surface area contributed by atoms with Gasteiger partial charge in [-0.1, -0.05) is 11.6 Å². The van der Waals surface area contributed by atoms with E-state index in [1.165, 1.54) is 48.5 Å². The normalized spacial score (nSPS) is 10.0. The summed E-state index contributed by atoms with van der Waals surface area (Å²) in [4.78, 5) is 46.7. The fourth-order valence-corrected chi connectivity index (χ4v) is 2.15. The van der Waals surface area contributed by atoms with E-state index in [4.69, 9.17) is 16.3 Å². The fraction of sp³-hybridized carbons (Fsp3) is 0.158. The van der Waals surface area contributed by atoms with Gasteiger partial charge in [-0.05, 0) is 48.5 Å². The summed E-state index contributed by atoms with van der Waals surface area (Å²) in [7, 11) is 0. The molecule has 8 nitrogen and oxygen atoms in total. The molecule has 0 aliphatic rings. The number of hydrazine groups is 1. The van der Waals surface area contributed by atoms with Crippen LogP contribution in [-0.2, 0) is 19.1 Å². The molecule has 2 rings (SSSR count). The largest absolute Gasteiger partial charge is 0.455 e. The van der Waals surface area contributed by atoms with E-state index >= 15 is 0 Å². The second-order valence-electron chi connectivity index (χ2n) is 5.72. The molecule has 0 fully saturated rings. The summed E-state index contributed by atoms with van der Waals surface area (Å²) in [5, 5.41) is 2.95. The zero-order chi connectivity index (χ0) is 21.2. The number of hydrogen-bond acceptors (Lipinski definition) is 5. The molecule has 0 saturated carbocycles. The number of amides is 3. The summed E-state index contributed by atoms with van der Waals surface area (Å²) in [5.74, 6) is -2.99. The van der Waals surface area contributed by atoms with Crippen LogP contribution >= 0.6 is 11.6 Å². The van der Waals surface area contributed by atoms with Crippen LogP contribution in [0, 0.1) is 5.82 Å². The minimum Gasteiger partial charge on any atom is -0.455 e. The molecule has 0 spiro atoms. The smallest absolute Gasteiger partial charge is 0.306 e. The molecule has 3 N–H and O–H groups in total. The van der Waals surface area contributed by atoms with Gasteiger partial charge in [-0.2, -0.15) is 0 Å². The molecule has 2 aromatic rings. The van der Waals surface area contributed by atoms with Crippen LogP contribution < -0.4 is 16.2 Å². The summed E-state index contributed by atoms with van der Waals surface area (Å²) in [6.07, 6.45) is -0.428. The number of rotatable bonds is 7. The molecule has 0 heterocycles. The molecule has 10 heteroatoms. The molecule has 0 atom stereocenters. The van der Waals surface area contributed by atoms with Crippen molar-refractivity contribution in [1.82, 2.24) is 10.9 Å². The minimum absolute atomic E-state index is 0.175. The molecule has 0 aliphatic carbocycles. The first-order valence-corrected chi connectivity index (χ1v) is 8.77. The Morgan fingerprint density at radius 3 is 2.17 bits per heavy atom. The summed E-state index contributed by atoms with van der Waals surface area (Å²) >= 11 is 5.72. The predicted octanol–water partition coefficient (Wildman–Crippen LogP) is 2.20. The van der Waals surface area contributed by atoms with Gasteiger partial charge in [0.25, 0.3) is 11.8 Å². The van der Waals surface area contributed by atoms with Gasteiger partial charge < -0.3 is 10.1 Å². The Morgan fingerprint density at radius 2 is 1.52 bits per heavy atom. The first-order valence-electron chi connectivity index (χ1n) is 8.39. The Kier molecular flexibility index (Phi) is 8.11. The lowest BCUT2D eigenvalue weighted by Gasteiger charge is -2.08. The molecular formula is C19H17ClFN3O5. The van der Waals surface area contributed by atoms with Gasteiger partial charge in [0.2, 0.25) is 5.91 Å². The molecule has 29 heavy (non-hydrogen) atoms. The first-order chi connectivity index (χ1) is 13.8. The van der Waals surface area contributed by atoms with E-state index in [2.05, 4.69) is 16.2 Å². The number of esters is 1. The van der Waals surface area contributed by atoms with Crippen molar-refractivity contribution in [3.05, 3.63) is 64.9 Å². The number of nitrogens with one attached hydrogen (secondary N) is 3. The van der Waals surface area contributed by atoms with Crippen molar-refractivity contribution >= 4 is 41.0 Å². The van der Waals surface area contributed by atoms with Crippen LogP contribution in [0.15, 0.2) is 48.5 Å². The van der Waals surface area contributed by atoms with Crippen molar-refractivity contribution in [2.24, 2.45) is 0 Å². The van der Waals surface area contributed by atoms with E-state index in [-0.39, 0.29) is 18.4 Å². The molecule has 2 aromatic carbocycles. The number of halogens is 2. The van der Waals surface area contributed by atoms with Crippen molar-refractivity contribution in [3.63, 3.8) is 0 Å². The van der Waals surface area contributed by atoms with E-state index < -0.39 is 36.1 Å². The Labute approximate surface area is 170 Å². The van der Waals surface area contributed by atoms with Crippen LogP contribution in [0.4, 0.5) is 10.1 Å². The highest BCUT2D eigenvalue weighted by Gasteiger charge is 2.12. The second kappa shape index (κ2) is 10.8. The van der Waals surface area contributed by atoms with E-state index in [1.54, 1.807) is 0 Å². The Bertz CT molecular complexity index is 888. The molecule has 0 bridgehead atoms. The summed E-state index contributed by atoms with van der Waals surface area (Å²) in [5.41, 5.74) is 4.92. The zero-order valence-electron chi connectivity index (χ0n) is 15.0. The van der Waals surface area contributed by atoms with Crippen LogP contribution in [0.2, 0.25) is 5.02 Å². The average Bonchev–Trinajstić information content (AvgIpc) is 2.71. The summed E-state index contributed by atoms with van der Waals surface area (Å²) in [6, 6.07) is 11.1. The first kappa shape index (κ1) is 21.8. The number of ether oxygens (including phenoxy) is 1. The third-order valence-electron chi connectivity index (χ3n) is 3.47. The zero-order valence-corrected chi connectivity index (χ0v) is 15.8. The molecule has 0 aromatic heterocycles. The maximum atomic E-state index is 12.8. The van der Waals surface area contributed by atoms with Crippen molar-refractivity contribution in [3.8, 4) is 0 Å². The van der Waals surface area contributed by atoms with Crippen LogP contribution in [0.3, 0.4) is 0 Å². The second-order valence-corrected chi connectivity index (χ2v) is 6.16. The quantitative estimate of drug-likeness (QED) is 0.468. The molecule has 0 aliphatic heterocycles. The lowest BCUT2D eigenvalue weighted by atomic mass is 10.2. The van der Waals surface area contributed by atoms with Gasteiger partial charge in [0.1, 0.15) is 5.82 Å². The van der Waals surface area contributed by atoms with Crippen LogP contribution in [0.5, 0.6) is 0 Å². The standard InChI is InChI=1S/C19H17ClFN3O5/c20-13-3-1-12(2-4-13)19(28)24-23-17(26)11-29-18(27)10-9-16(25)22-15-7-5-14(21)6-8-15/h1-8H,9-11H2,(H,22,25)(H,23,26)(H,24,28). The molecule has 0 saturated heterocycles. The lowest BCUT2D eigenvalue weighted by Crippen LogP contribution is -2.43. The van der Waals surface area contributed by atoms with Gasteiger partial charge in [0.15, 0.2) is 6.61 Å². The predicted molar refractivity (Wildman–Crippen MR) is 102 cm³/mol. The van der Waals surface area contributed by atoms with Gasteiger partial charge in [0, 0.05) is 22.7 Å². The molecule has 152 valence electrons. The number of anilines is 1. The Hall–Kier alpha value is -3.46. The van der Waals surface area contributed by atoms with Crippen molar-refractivity contribution in [1.29, 1.82) is 0 Å². The summed E-state index contributed by atoms with van der Waals surface area (Å²) in [6.45, 7) is -0.626. The maximum absolute atomic E-state index is 12.8. The Morgan fingerprint density at radius 1 is 0.862 bits per heavy atom. The SMILES string of the molecule is O=C(COC(=O)CCC(=O)Nc1ccc(F)cc1)NNC(=O)c1ccc(Cl)cc1. The molecule has 0 radical (unpaired) electrons. The highest BCUT2D eigenvalue weighted by Crippen LogP contribution is 2.10. The van der Waals surface area contributed by atoms with Crippen molar-refractivity contribution in [2.75, 3.05) is 11.9 Å². The average molecular weight is 422 g/mol. The Balaban J connectivity index is 1.63. The van der Waals surface area contributed by atoms with Gasteiger partial charge in [0.05, 0.1) is 6.42 Å². The van der Waals surface area contributed by atoms with E-state index in [0.717, 1.165) is 0 Å². The van der Waals surface area contributed by atoms with Crippen molar-refractivity contribution < 1.29 is 28.3 Å². The summed E-state index contributed by atoms with van der Waals surface area (Å²) < 4.78 is 17.5. The molecule has 0 unspecified atom stereocenters. The van der Waals surface area contributed by atoms with Gasteiger partial charge in [-0.15, -0.1) is 0 Å². The number of benzene rings is 2. The van der Waals surface area contributed by atoms with Crippen molar-refractivity contribution in [2.45, 2.75) is 12.8 Å². The van der Waals surface area contributed by atoms with E-state index in [0.29, 0.717) is 10.7 Å². The molecular weight excluding hydrogens is 405 g/mol. The number of carbonyl (C=O) groups excluding carboxylic acids is 4. The topological polar surface area (TPSA) is 114 Å². The number of hydrogen-bond donors (Lipinski definition) is 3. The van der Waals surface area contributed by atoms with Gasteiger partial charge in [-0.25, -0.2) is 4.39 Å². The third-order valence-corrected chi connectivity index (χ3v) is 3.72. The van der Waals surface area contributed by atoms with Crippen LogP contribution in [0.25, 0.3) is 0 Å². The number of carbonyl (C=O) groups is 4.